The lowest BCUT2D eigenvalue weighted by atomic mass is 10.1. The summed E-state index contributed by atoms with van der Waals surface area (Å²) in [6, 6.07) is 14.6. The highest BCUT2D eigenvalue weighted by atomic mass is 35.5. The van der Waals surface area contributed by atoms with Crippen LogP contribution in [0.15, 0.2) is 48.5 Å². The highest BCUT2D eigenvalue weighted by molar-refractivity contribution is 6.31. The second-order valence-electron chi connectivity index (χ2n) is 5.66. The molecule has 1 aliphatic rings. The average molecular weight is 369 g/mol. The van der Waals surface area contributed by atoms with Gasteiger partial charge in [0.1, 0.15) is 6.61 Å². The van der Waals surface area contributed by atoms with Crippen LogP contribution < -0.4 is 10.2 Å². The standard InChI is InChI=1S/C20H17ClN2O3/c21-18-6-2-1-5-16(18)14-19(24)22-11-3-4-15-7-9-17(10-8-15)23-12-13-26-20(23)25/h1-2,5-10H,11-14H2,(H,22,24). The first-order chi connectivity index (χ1) is 12.6. The number of cyclic esters (lactones) is 1. The van der Waals surface area contributed by atoms with Crippen LogP contribution in [0.1, 0.15) is 11.1 Å². The minimum atomic E-state index is -0.329. The van der Waals surface area contributed by atoms with Gasteiger partial charge >= 0.3 is 6.09 Å². The molecule has 6 heteroatoms. The van der Waals surface area contributed by atoms with Gasteiger partial charge in [0.05, 0.1) is 19.5 Å². The fourth-order valence-corrected chi connectivity index (χ4v) is 2.72. The Kier molecular flexibility index (Phi) is 5.77. The Morgan fingerprint density at radius 2 is 1.96 bits per heavy atom. The second kappa shape index (κ2) is 8.41. The van der Waals surface area contributed by atoms with Gasteiger partial charge in [-0.25, -0.2) is 4.79 Å². The van der Waals surface area contributed by atoms with Gasteiger partial charge in [-0.05, 0) is 35.9 Å². The summed E-state index contributed by atoms with van der Waals surface area (Å²) in [5.74, 6) is 5.76. The first-order valence-electron chi connectivity index (χ1n) is 8.17. The molecule has 26 heavy (non-hydrogen) atoms. The summed E-state index contributed by atoms with van der Waals surface area (Å²) in [6.45, 7) is 1.22. The molecule has 0 radical (unpaired) electrons. The fourth-order valence-electron chi connectivity index (χ4n) is 2.52. The Balaban J connectivity index is 1.49. The van der Waals surface area contributed by atoms with Gasteiger partial charge in [0, 0.05) is 16.3 Å². The smallest absolute Gasteiger partial charge is 0.414 e. The number of hydrogen-bond donors (Lipinski definition) is 1. The van der Waals surface area contributed by atoms with E-state index in [2.05, 4.69) is 17.2 Å². The largest absolute Gasteiger partial charge is 0.447 e. The normalized spacial score (nSPS) is 13.0. The van der Waals surface area contributed by atoms with Crippen molar-refractivity contribution in [3.63, 3.8) is 0 Å². The van der Waals surface area contributed by atoms with Crippen LogP contribution in [0.5, 0.6) is 0 Å². The Morgan fingerprint density at radius 3 is 2.65 bits per heavy atom. The minimum Gasteiger partial charge on any atom is -0.447 e. The summed E-state index contributed by atoms with van der Waals surface area (Å²) < 4.78 is 4.91. The summed E-state index contributed by atoms with van der Waals surface area (Å²) in [5, 5.41) is 3.33. The monoisotopic (exact) mass is 368 g/mol. The molecule has 0 bridgehead atoms. The van der Waals surface area contributed by atoms with E-state index in [4.69, 9.17) is 16.3 Å². The third kappa shape index (κ3) is 4.56. The van der Waals surface area contributed by atoms with Crippen molar-refractivity contribution in [2.75, 3.05) is 24.6 Å². The van der Waals surface area contributed by atoms with Gasteiger partial charge in [-0.2, -0.15) is 0 Å². The van der Waals surface area contributed by atoms with Gasteiger partial charge in [0.2, 0.25) is 5.91 Å². The minimum absolute atomic E-state index is 0.129. The van der Waals surface area contributed by atoms with E-state index < -0.39 is 0 Å². The molecule has 0 unspecified atom stereocenters. The van der Waals surface area contributed by atoms with Gasteiger partial charge in [-0.3, -0.25) is 9.69 Å². The molecule has 1 fully saturated rings. The van der Waals surface area contributed by atoms with Crippen molar-refractivity contribution in [3.8, 4) is 11.8 Å². The molecule has 3 rings (SSSR count). The molecule has 2 amide bonds. The summed E-state index contributed by atoms with van der Waals surface area (Å²) in [5.41, 5.74) is 2.38. The Hall–Kier alpha value is -2.97. The summed E-state index contributed by atoms with van der Waals surface area (Å²) in [6.07, 6.45) is -0.104. The third-order valence-corrected chi connectivity index (χ3v) is 4.22. The van der Waals surface area contributed by atoms with Crippen molar-refractivity contribution in [2.24, 2.45) is 0 Å². The van der Waals surface area contributed by atoms with Crippen molar-refractivity contribution < 1.29 is 14.3 Å². The number of nitrogens with zero attached hydrogens (tertiary/aromatic N) is 1. The molecule has 5 nitrogen and oxygen atoms in total. The second-order valence-corrected chi connectivity index (χ2v) is 6.07. The van der Waals surface area contributed by atoms with E-state index in [9.17, 15) is 9.59 Å². The van der Waals surface area contributed by atoms with E-state index in [1.165, 1.54) is 0 Å². The van der Waals surface area contributed by atoms with Gasteiger partial charge in [-0.15, -0.1) is 0 Å². The van der Waals surface area contributed by atoms with Crippen molar-refractivity contribution in [1.29, 1.82) is 0 Å². The number of carbonyl (C=O) groups excluding carboxylic acids is 2. The molecule has 0 spiro atoms. The van der Waals surface area contributed by atoms with Crippen molar-refractivity contribution in [3.05, 3.63) is 64.7 Å². The molecule has 0 atom stereocenters. The van der Waals surface area contributed by atoms with Crippen molar-refractivity contribution in [1.82, 2.24) is 5.32 Å². The van der Waals surface area contributed by atoms with Gasteiger partial charge in [0.15, 0.2) is 0 Å². The first-order valence-corrected chi connectivity index (χ1v) is 8.54. The van der Waals surface area contributed by atoms with Gasteiger partial charge < -0.3 is 10.1 Å². The lowest BCUT2D eigenvalue weighted by molar-refractivity contribution is -0.120. The maximum absolute atomic E-state index is 11.9. The molecule has 0 aromatic heterocycles. The van der Waals surface area contributed by atoms with Gasteiger partial charge in [-0.1, -0.05) is 41.6 Å². The summed E-state index contributed by atoms with van der Waals surface area (Å²) in [7, 11) is 0. The molecule has 1 heterocycles. The molecule has 2 aromatic carbocycles. The average Bonchev–Trinajstić information content (AvgIpc) is 3.07. The van der Waals surface area contributed by atoms with E-state index in [0.29, 0.717) is 18.2 Å². The van der Waals surface area contributed by atoms with E-state index >= 15 is 0 Å². The molecule has 0 saturated carbocycles. The SMILES string of the molecule is O=C(Cc1ccccc1Cl)NCC#Cc1ccc(N2CCOC2=O)cc1. The fraction of sp³-hybridized carbons (Fsp3) is 0.200. The number of hydrogen-bond acceptors (Lipinski definition) is 3. The van der Waals surface area contributed by atoms with Crippen LogP contribution in [0.25, 0.3) is 0 Å². The van der Waals surface area contributed by atoms with Crippen LogP contribution in [-0.2, 0) is 16.0 Å². The lowest BCUT2D eigenvalue weighted by Crippen LogP contribution is -2.25. The number of nitrogens with one attached hydrogen (secondary N) is 1. The Labute approximate surface area is 156 Å². The molecular formula is C20H17ClN2O3. The molecule has 1 aliphatic heterocycles. The number of benzene rings is 2. The predicted molar refractivity (Wildman–Crippen MR) is 100 cm³/mol. The summed E-state index contributed by atoms with van der Waals surface area (Å²) >= 11 is 6.04. The van der Waals surface area contributed by atoms with Crippen LogP contribution >= 0.6 is 11.6 Å². The quantitative estimate of drug-likeness (QED) is 0.844. The van der Waals surface area contributed by atoms with Crippen LogP contribution in [0.2, 0.25) is 5.02 Å². The zero-order valence-corrected chi connectivity index (χ0v) is 14.8. The lowest BCUT2D eigenvalue weighted by Gasteiger charge is -2.11. The zero-order chi connectivity index (χ0) is 18.4. The summed E-state index contributed by atoms with van der Waals surface area (Å²) in [4.78, 5) is 25.0. The molecule has 1 saturated heterocycles. The number of carbonyl (C=O) groups is 2. The topological polar surface area (TPSA) is 58.6 Å². The number of rotatable bonds is 4. The first kappa shape index (κ1) is 17.8. The number of ether oxygens (including phenoxy) is 1. The molecule has 2 aromatic rings. The maximum atomic E-state index is 11.9. The van der Waals surface area contributed by atoms with Crippen LogP contribution in [-0.4, -0.2) is 31.7 Å². The molecule has 0 aliphatic carbocycles. The van der Waals surface area contributed by atoms with Gasteiger partial charge in [0.25, 0.3) is 0 Å². The van der Waals surface area contributed by atoms with Crippen LogP contribution in [0.3, 0.4) is 0 Å². The van der Waals surface area contributed by atoms with Crippen molar-refractivity contribution in [2.45, 2.75) is 6.42 Å². The highest BCUT2D eigenvalue weighted by Crippen LogP contribution is 2.19. The Morgan fingerprint density at radius 1 is 1.19 bits per heavy atom. The third-order valence-electron chi connectivity index (χ3n) is 3.86. The van der Waals surface area contributed by atoms with Crippen molar-refractivity contribution >= 4 is 29.3 Å². The molecular weight excluding hydrogens is 352 g/mol. The van der Waals surface area contributed by atoms with E-state index in [-0.39, 0.29) is 25.0 Å². The predicted octanol–water partition coefficient (Wildman–Crippen LogP) is 3.01. The Bertz CT molecular complexity index is 869. The number of halogens is 1. The van der Waals surface area contributed by atoms with Crippen LogP contribution in [0, 0.1) is 11.8 Å². The zero-order valence-electron chi connectivity index (χ0n) is 14.0. The van der Waals surface area contributed by atoms with Crippen LogP contribution in [0.4, 0.5) is 10.5 Å². The van der Waals surface area contributed by atoms with E-state index in [1.807, 2.05) is 42.5 Å². The van der Waals surface area contributed by atoms with E-state index in [1.54, 1.807) is 11.0 Å². The molecule has 1 N–H and O–H groups in total. The number of amides is 2. The maximum Gasteiger partial charge on any atom is 0.414 e. The molecule has 132 valence electrons. The van der Waals surface area contributed by atoms with E-state index in [0.717, 1.165) is 16.8 Å². The highest BCUT2D eigenvalue weighted by Gasteiger charge is 2.23. The number of anilines is 1.